The molecule has 0 atom stereocenters. The molecule has 45 valence electrons. The molecule has 0 radical (unpaired) electrons. The molecule has 0 aromatic carbocycles. The van der Waals surface area contributed by atoms with Crippen molar-refractivity contribution in [3.05, 3.63) is 0 Å². The molecule has 0 spiro atoms. The van der Waals surface area contributed by atoms with Crippen LogP contribution < -0.4 is 0 Å². The topological polar surface area (TPSA) is 60.0 Å². The maximum Gasteiger partial charge on any atom is -0.870 e. The van der Waals surface area contributed by atoms with E-state index in [0.29, 0.717) is 0 Å². The first-order chi connectivity index (χ1) is 1.73. The van der Waals surface area contributed by atoms with Crippen molar-refractivity contribution in [2.45, 2.75) is 0 Å². The van der Waals surface area contributed by atoms with Crippen LogP contribution >= 0.6 is 30.3 Å². The van der Waals surface area contributed by atoms with E-state index in [2.05, 4.69) is 0 Å². The fraction of sp³-hybridized carbons (Fsp3) is 0. The second-order valence-electron chi connectivity index (χ2n) is 0.152. The van der Waals surface area contributed by atoms with E-state index in [0.717, 1.165) is 0 Å². The molecule has 7 heavy (non-hydrogen) atoms. The summed E-state index contributed by atoms with van der Waals surface area (Å²) in [6.45, 7) is 0. The molecule has 0 amide bonds. The molecule has 0 aromatic rings. The fourth-order valence-corrected chi connectivity index (χ4v) is 0. The first-order valence-electron chi connectivity index (χ1n) is 0.401. The molecule has 2 N–H and O–H groups in total. The third kappa shape index (κ3) is 56.0. The van der Waals surface area contributed by atoms with Crippen LogP contribution in [-0.4, -0.2) is 48.7 Å². The van der Waals surface area contributed by atoms with Gasteiger partial charge in [0.05, 0.1) is 0 Å². The molecule has 0 rings (SSSR count). The van der Waals surface area contributed by atoms with Gasteiger partial charge in [0.15, 0.2) is 0 Å². The quantitative estimate of drug-likeness (QED) is 0.596. The average Bonchev–Trinajstić information content (AvgIpc) is 0.811. The van der Waals surface area contributed by atoms with Gasteiger partial charge in [0, 0.05) is 0 Å². The molecule has 0 heterocycles. The molecule has 0 saturated carbocycles. The van der Waals surface area contributed by atoms with E-state index in [1.54, 1.807) is 0 Å². The van der Waals surface area contributed by atoms with Gasteiger partial charge in [-0.15, -0.1) is 0 Å². The van der Waals surface area contributed by atoms with Gasteiger partial charge in [-0.2, -0.15) is 0 Å². The van der Waals surface area contributed by atoms with Gasteiger partial charge in [-0.25, -0.2) is 0 Å². The van der Waals surface area contributed by atoms with Crippen LogP contribution in [0.25, 0.3) is 0 Å². The Balaban J connectivity index is -0.0000000150. The second-order valence-corrected chi connectivity index (χ2v) is 5.62. The monoisotopic (exact) mass is 235 g/mol. The summed E-state index contributed by atoms with van der Waals surface area (Å²) in [7, 11) is 14.7. The third-order valence-electron chi connectivity index (χ3n) is 0. The van der Waals surface area contributed by atoms with Crippen LogP contribution in [-0.2, 0) is 11.2 Å². The number of rotatable bonds is 0. The zero-order valence-corrected chi connectivity index (χ0v) is 8.67. The van der Waals surface area contributed by atoms with Crippen LogP contribution in [0.1, 0.15) is 0 Å². The van der Waals surface area contributed by atoms with Crippen LogP contribution in [0.2, 0.25) is 0 Å². The Bertz CT molecular complexity index is 17.7. The van der Waals surface area contributed by atoms with Gasteiger partial charge in [-0.05, 0) is 0 Å². The van der Waals surface area contributed by atoms with Crippen LogP contribution in [0.3, 0.4) is 0 Å². The Morgan fingerprint density at radius 1 is 0.857 bits per heavy atom. The smallest absolute Gasteiger partial charge is 0.870 e. The maximum absolute atomic E-state index is 4.89. The zero-order chi connectivity index (χ0) is 3.58. The van der Waals surface area contributed by atoms with Crippen LogP contribution in [0.5, 0.6) is 0 Å². The standard InChI is InChI=1S/Ca.3ClH.Fe.2H2O/h;3*1H;;2*1H2/q+2;;;;+3;;/p-5. The van der Waals surface area contributed by atoms with Crippen molar-refractivity contribution >= 4 is 68.0 Å². The van der Waals surface area contributed by atoms with Gasteiger partial charge >= 0.3 is 79.2 Å². The third-order valence-corrected chi connectivity index (χ3v) is 0. The summed E-state index contributed by atoms with van der Waals surface area (Å²) >= 11 is -1.33. The summed E-state index contributed by atoms with van der Waals surface area (Å²) in [6, 6.07) is 0. The summed E-state index contributed by atoms with van der Waals surface area (Å²) in [5.74, 6) is 0. The first-order valence-corrected chi connectivity index (χ1v) is 4.96. The molecule has 0 aliphatic rings. The first kappa shape index (κ1) is 22.7. The van der Waals surface area contributed by atoms with E-state index >= 15 is 0 Å². The summed E-state index contributed by atoms with van der Waals surface area (Å²) < 4.78 is 0. The van der Waals surface area contributed by atoms with Crippen molar-refractivity contribution in [2.24, 2.45) is 0 Å². The summed E-state index contributed by atoms with van der Waals surface area (Å²) in [4.78, 5) is 0. The van der Waals surface area contributed by atoms with Crippen molar-refractivity contribution < 1.29 is 22.1 Å². The van der Waals surface area contributed by atoms with Crippen molar-refractivity contribution in [3.63, 3.8) is 0 Å². The minimum Gasteiger partial charge on any atom is -0.870 e. The number of hydrogen-bond acceptors (Lipinski definition) is 2. The van der Waals surface area contributed by atoms with Crippen LogP contribution in [0, 0.1) is 0 Å². The maximum atomic E-state index is 4.89. The minimum absolute atomic E-state index is 0. The molecule has 0 aliphatic carbocycles. The molecule has 0 fully saturated rings. The molecular formula is H2CaCl3FeO2. The second kappa shape index (κ2) is 15.8. The number of halogens is 3. The zero-order valence-electron chi connectivity index (χ0n) is 3.09. The largest absolute Gasteiger partial charge is 0.870 e. The Hall–Kier alpha value is 2.57. The average molecular weight is 236 g/mol. The predicted octanol–water partition coefficient (Wildman–Crippen LogP) is 1.33. The van der Waals surface area contributed by atoms with Gasteiger partial charge < -0.3 is 11.0 Å². The van der Waals surface area contributed by atoms with E-state index in [4.69, 9.17) is 30.3 Å². The van der Waals surface area contributed by atoms with E-state index in [1.807, 2.05) is 0 Å². The SMILES string of the molecule is [Ca+2].[Cl][Fe]([Cl])[Cl].[OH-].[OH-]. The molecular weight excluding hydrogens is 234 g/mol. The van der Waals surface area contributed by atoms with E-state index in [9.17, 15) is 0 Å². The number of hydrogen-bond donors (Lipinski definition) is 0. The van der Waals surface area contributed by atoms with E-state index < -0.39 is 11.2 Å². The molecule has 7 heteroatoms. The Labute approximate surface area is 88.7 Å². The molecule has 0 saturated heterocycles. The normalized spacial score (nSPS) is 6.43. The van der Waals surface area contributed by atoms with Crippen LogP contribution in [0.15, 0.2) is 0 Å². The Kier molecular flexibility index (Phi) is 51.2. The summed E-state index contributed by atoms with van der Waals surface area (Å²) in [5, 5.41) is 0. The Morgan fingerprint density at radius 3 is 0.857 bits per heavy atom. The van der Waals surface area contributed by atoms with Gasteiger partial charge in [-0.3, -0.25) is 0 Å². The molecule has 0 bridgehead atoms. The van der Waals surface area contributed by atoms with Gasteiger partial charge in [0.2, 0.25) is 0 Å². The van der Waals surface area contributed by atoms with Crippen molar-refractivity contribution in [2.75, 3.05) is 0 Å². The van der Waals surface area contributed by atoms with Gasteiger partial charge in [0.25, 0.3) is 0 Å². The minimum atomic E-state index is -1.33. The van der Waals surface area contributed by atoms with E-state index in [-0.39, 0.29) is 48.7 Å². The van der Waals surface area contributed by atoms with Crippen LogP contribution in [0.4, 0.5) is 0 Å². The van der Waals surface area contributed by atoms with Gasteiger partial charge in [0.1, 0.15) is 0 Å². The van der Waals surface area contributed by atoms with Crippen molar-refractivity contribution in [1.29, 1.82) is 0 Å². The summed E-state index contributed by atoms with van der Waals surface area (Å²) in [5.41, 5.74) is 0. The Morgan fingerprint density at radius 2 is 0.857 bits per heavy atom. The molecule has 0 aromatic heterocycles. The van der Waals surface area contributed by atoms with E-state index in [1.165, 1.54) is 0 Å². The molecule has 2 nitrogen and oxygen atoms in total. The molecule has 0 unspecified atom stereocenters. The molecule has 0 aliphatic heterocycles. The van der Waals surface area contributed by atoms with Crippen molar-refractivity contribution in [1.82, 2.24) is 0 Å². The predicted molar refractivity (Wildman–Crippen MR) is 27.2 cm³/mol. The summed E-state index contributed by atoms with van der Waals surface area (Å²) in [6.07, 6.45) is 0. The van der Waals surface area contributed by atoms with Gasteiger partial charge in [-0.1, -0.05) is 0 Å². The van der Waals surface area contributed by atoms with Crippen molar-refractivity contribution in [3.8, 4) is 0 Å². The fourth-order valence-electron chi connectivity index (χ4n) is 0.